The van der Waals surface area contributed by atoms with E-state index >= 15 is 0 Å². The quantitative estimate of drug-likeness (QED) is 0.729. The van der Waals surface area contributed by atoms with E-state index < -0.39 is 26.6 Å². The Morgan fingerprint density at radius 3 is 2.46 bits per heavy atom. The Bertz CT molecular complexity index is 720. The molecule has 1 saturated heterocycles. The smallest absolute Gasteiger partial charge is 0.317 e. The molecular weight excluding hydrogens is 364 g/mol. The van der Waals surface area contributed by atoms with Gasteiger partial charge >= 0.3 is 6.03 Å². The minimum absolute atomic E-state index is 0.0432. The SMILES string of the molecule is CCCCCCNC(=O)N1CCN(S(=O)(=O)c2cc(F)ccc2F)CC1. The number of nitrogens with one attached hydrogen (secondary N) is 1. The molecular formula is C17H25F2N3O3S. The summed E-state index contributed by atoms with van der Waals surface area (Å²) in [6.07, 6.45) is 4.22. The zero-order chi connectivity index (χ0) is 19.2. The van der Waals surface area contributed by atoms with Gasteiger partial charge in [0, 0.05) is 32.7 Å². The van der Waals surface area contributed by atoms with E-state index in [1.54, 1.807) is 0 Å². The highest BCUT2D eigenvalue weighted by Crippen LogP contribution is 2.21. The van der Waals surface area contributed by atoms with Crippen LogP contribution in [0.3, 0.4) is 0 Å². The molecule has 1 aromatic carbocycles. The summed E-state index contributed by atoms with van der Waals surface area (Å²) in [5.74, 6) is -1.80. The van der Waals surface area contributed by atoms with Gasteiger partial charge in [-0.25, -0.2) is 22.0 Å². The number of rotatable bonds is 7. The summed E-state index contributed by atoms with van der Waals surface area (Å²) in [6.45, 7) is 3.20. The topological polar surface area (TPSA) is 69.7 Å². The molecule has 0 unspecified atom stereocenters. The van der Waals surface area contributed by atoms with Gasteiger partial charge in [0.1, 0.15) is 16.5 Å². The van der Waals surface area contributed by atoms with Gasteiger partial charge in [-0.15, -0.1) is 0 Å². The van der Waals surface area contributed by atoms with Gasteiger partial charge in [0.05, 0.1) is 0 Å². The Labute approximate surface area is 153 Å². The predicted molar refractivity (Wildman–Crippen MR) is 94.2 cm³/mol. The maximum absolute atomic E-state index is 13.8. The Morgan fingerprint density at radius 2 is 1.81 bits per heavy atom. The summed E-state index contributed by atoms with van der Waals surface area (Å²) in [4.78, 5) is 13.0. The first-order chi connectivity index (χ1) is 12.4. The molecule has 0 saturated carbocycles. The molecule has 146 valence electrons. The van der Waals surface area contributed by atoms with Crippen LogP contribution in [0, 0.1) is 11.6 Å². The maximum Gasteiger partial charge on any atom is 0.317 e. The van der Waals surface area contributed by atoms with Crippen LogP contribution >= 0.6 is 0 Å². The predicted octanol–water partition coefficient (Wildman–Crippen LogP) is 2.56. The molecule has 0 aliphatic carbocycles. The summed E-state index contributed by atoms with van der Waals surface area (Å²) in [5.41, 5.74) is 0. The molecule has 1 N–H and O–H groups in total. The average Bonchev–Trinajstić information content (AvgIpc) is 2.63. The summed E-state index contributed by atoms with van der Waals surface area (Å²) < 4.78 is 53.2. The van der Waals surface area contributed by atoms with E-state index in [9.17, 15) is 22.0 Å². The third kappa shape index (κ3) is 5.14. The van der Waals surface area contributed by atoms with Gasteiger partial charge in [-0.1, -0.05) is 26.2 Å². The molecule has 0 spiro atoms. The molecule has 0 atom stereocenters. The summed E-state index contributed by atoms with van der Waals surface area (Å²) in [6, 6.07) is 2.12. The molecule has 0 aromatic heterocycles. The van der Waals surface area contributed by atoms with Gasteiger partial charge in [-0.2, -0.15) is 4.31 Å². The number of hydrogen-bond acceptors (Lipinski definition) is 3. The van der Waals surface area contributed by atoms with Crippen LogP contribution in [0.25, 0.3) is 0 Å². The van der Waals surface area contributed by atoms with Crippen LogP contribution in [0.1, 0.15) is 32.6 Å². The first-order valence-corrected chi connectivity index (χ1v) is 10.3. The zero-order valence-electron chi connectivity index (χ0n) is 14.9. The summed E-state index contributed by atoms with van der Waals surface area (Å²) in [5, 5.41) is 2.82. The first-order valence-electron chi connectivity index (χ1n) is 8.84. The number of nitrogens with zero attached hydrogens (tertiary/aromatic N) is 2. The highest BCUT2D eigenvalue weighted by Gasteiger charge is 2.32. The number of amides is 2. The molecule has 1 heterocycles. The average molecular weight is 389 g/mol. The van der Waals surface area contributed by atoms with Crippen molar-refractivity contribution in [2.24, 2.45) is 0 Å². The molecule has 0 radical (unpaired) electrons. The van der Waals surface area contributed by atoms with E-state index in [2.05, 4.69) is 12.2 Å². The molecule has 0 bridgehead atoms. The van der Waals surface area contributed by atoms with Gasteiger partial charge in [-0.05, 0) is 24.6 Å². The first kappa shape index (κ1) is 20.6. The summed E-state index contributed by atoms with van der Waals surface area (Å²) >= 11 is 0. The number of hydrogen-bond donors (Lipinski definition) is 1. The van der Waals surface area contributed by atoms with Gasteiger partial charge in [-0.3, -0.25) is 0 Å². The molecule has 2 rings (SSSR count). The van der Waals surface area contributed by atoms with E-state index in [1.165, 1.54) is 4.90 Å². The lowest BCUT2D eigenvalue weighted by Crippen LogP contribution is -2.53. The monoisotopic (exact) mass is 389 g/mol. The molecule has 26 heavy (non-hydrogen) atoms. The highest BCUT2D eigenvalue weighted by atomic mass is 32.2. The lowest BCUT2D eigenvalue weighted by molar-refractivity contribution is 0.172. The standard InChI is InChI=1S/C17H25F2N3O3S/c1-2-3-4-5-8-20-17(23)21-9-11-22(12-10-21)26(24,25)16-13-14(18)6-7-15(16)19/h6-7,13H,2-5,8-12H2,1H3,(H,20,23). The number of unbranched alkanes of at least 4 members (excludes halogenated alkanes) is 3. The number of piperazine rings is 1. The van der Waals surface area contributed by atoms with Crippen LogP contribution in [0.5, 0.6) is 0 Å². The largest absolute Gasteiger partial charge is 0.338 e. The van der Waals surface area contributed by atoms with Crippen LogP contribution in [0.2, 0.25) is 0 Å². The Kier molecular flexibility index (Phi) is 7.33. The van der Waals surface area contributed by atoms with E-state index in [4.69, 9.17) is 0 Å². The number of benzene rings is 1. The number of carbonyl (C=O) groups is 1. The molecule has 6 nitrogen and oxygen atoms in total. The Morgan fingerprint density at radius 1 is 1.12 bits per heavy atom. The molecule has 1 aromatic rings. The van der Waals surface area contributed by atoms with Crippen LogP contribution in [-0.2, 0) is 10.0 Å². The Balaban J connectivity index is 1.89. The van der Waals surface area contributed by atoms with Crippen molar-refractivity contribution in [2.45, 2.75) is 37.5 Å². The van der Waals surface area contributed by atoms with Gasteiger partial charge in [0.2, 0.25) is 10.0 Å². The zero-order valence-corrected chi connectivity index (χ0v) is 15.7. The van der Waals surface area contributed by atoms with Gasteiger partial charge < -0.3 is 10.2 Å². The van der Waals surface area contributed by atoms with Crippen LogP contribution in [0.15, 0.2) is 23.1 Å². The molecule has 1 fully saturated rings. The van der Waals surface area contributed by atoms with Crippen molar-refractivity contribution in [1.82, 2.24) is 14.5 Å². The third-order valence-corrected chi connectivity index (χ3v) is 6.26. The lowest BCUT2D eigenvalue weighted by Gasteiger charge is -2.34. The van der Waals surface area contributed by atoms with E-state index in [-0.39, 0.29) is 32.2 Å². The van der Waals surface area contributed by atoms with Crippen LogP contribution in [-0.4, -0.2) is 56.4 Å². The Hall–Kier alpha value is -1.74. The van der Waals surface area contributed by atoms with Crippen molar-refractivity contribution >= 4 is 16.1 Å². The minimum atomic E-state index is -4.13. The highest BCUT2D eigenvalue weighted by molar-refractivity contribution is 7.89. The number of urea groups is 1. The fourth-order valence-corrected chi connectivity index (χ4v) is 4.30. The second-order valence-corrected chi connectivity index (χ2v) is 8.16. The van der Waals surface area contributed by atoms with Gasteiger partial charge in [0.15, 0.2) is 0 Å². The third-order valence-electron chi connectivity index (χ3n) is 4.34. The molecule has 1 aliphatic rings. The van der Waals surface area contributed by atoms with E-state index in [0.29, 0.717) is 12.6 Å². The number of carbonyl (C=O) groups excluding carboxylic acids is 1. The fraction of sp³-hybridized carbons (Fsp3) is 0.588. The van der Waals surface area contributed by atoms with Crippen molar-refractivity contribution in [3.05, 3.63) is 29.8 Å². The second kappa shape index (κ2) is 9.27. The van der Waals surface area contributed by atoms with E-state index in [0.717, 1.165) is 42.1 Å². The van der Waals surface area contributed by atoms with Crippen molar-refractivity contribution in [3.8, 4) is 0 Å². The van der Waals surface area contributed by atoms with Crippen LogP contribution in [0.4, 0.5) is 13.6 Å². The van der Waals surface area contributed by atoms with E-state index in [1.807, 2.05) is 0 Å². The molecule has 2 amide bonds. The minimum Gasteiger partial charge on any atom is -0.338 e. The van der Waals surface area contributed by atoms with Crippen molar-refractivity contribution in [1.29, 1.82) is 0 Å². The number of halogens is 2. The van der Waals surface area contributed by atoms with Crippen molar-refractivity contribution in [2.75, 3.05) is 32.7 Å². The normalized spacial score (nSPS) is 15.9. The lowest BCUT2D eigenvalue weighted by atomic mass is 10.2. The second-order valence-electron chi connectivity index (χ2n) is 6.26. The fourth-order valence-electron chi connectivity index (χ4n) is 2.80. The van der Waals surface area contributed by atoms with Gasteiger partial charge in [0.25, 0.3) is 0 Å². The molecule has 9 heteroatoms. The maximum atomic E-state index is 13.8. The summed E-state index contributed by atoms with van der Waals surface area (Å²) in [7, 11) is -4.13. The molecule has 1 aliphatic heterocycles. The van der Waals surface area contributed by atoms with Crippen molar-refractivity contribution in [3.63, 3.8) is 0 Å². The number of sulfonamides is 1. The van der Waals surface area contributed by atoms with Crippen LogP contribution < -0.4 is 5.32 Å². The van der Waals surface area contributed by atoms with Crippen molar-refractivity contribution < 1.29 is 22.0 Å².